The predicted octanol–water partition coefficient (Wildman–Crippen LogP) is 1.48. The number of carbonyl (C=O) groups excluding carboxylic acids is 1. The van der Waals surface area contributed by atoms with Gasteiger partial charge in [-0.25, -0.2) is 0 Å². The predicted molar refractivity (Wildman–Crippen MR) is 83.0 cm³/mol. The zero-order valence-corrected chi connectivity index (χ0v) is 12.7. The summed E-state index contributed by atoms with van der Waals surface area (Å²) >= 11 is 1.63. The molecule has 0 spiro atoms. The molecule has 0 saturated carbocycles. The summed E-state index contributed by atoms with van der Waals surface area (Å²) in [5, 5.41) is 12.2. The summed E-state index contributed by atoms with van der Waals surface area (Å²) in [5.41, 5.74) is 1.29. The standard InChI is InChI=1S/C15H23NO3S/c1-19-11-14(17)7-9-16-15(18)12-20-10-8-13-5-3-2-4-6-13/h2-6,14,17H,7-12H2,1H3,(H,16,18). The van der Waals surface area contributed by atoms with E-state index in [-0.39, 0.29) is 5.91 Å². The quantitative estimate of drug-likeness (QED) is 0.642. The molecule has 20 heavy (non-hydrogen) atoms. The molecule has 0 bridgehead atoms. The number of thioether (sulfide) groups is 1. The number of aliphatic hydroxyl groups is 1. The lowest BCUT2D eigenvalue weighted by Gasteiger charge is -2.10. The van der Waals surface area contributed by atoms with Crippen LogP contribution in [0.2, 0.25) is 0 Å². The van der Waals surface area contributed by atoms with Crippen molar-refractivity contribution in [1.82, 2.24) is 5.32 Å². The van der Waals surface area contributed by atoms with Crippen LogP contribution < -0.4 is 5.32 Å². The Morgan fingerprint density at radius 1 is 1.40 bits per heavy atom. The number of benzene rings is 1. The first-order valence-corrected chi connectivity index (χ1v) is 7.93. The van der Waals surface area contributed by atoms with Crippen LogP contribution in [0.4, 0.5) is 0 Å². The number of ether oxygens (including phenoxy) is 1. The lowest BCUT2D eigenvalue weighted by atomic mass is 10.2. The van der Waals surface area contributed by atoms with E-state index in [1.54, 1.807) is 18.9 Å². The molecule has 4 nitrogen and oxygen atoms in total. The fourth-order valence-electron chi connectivity index (χ4n) is 1.70. The number of nitrogens with one attached hydrogen (secondary N) is 1. The monoisotopic (exact) mass is 297 g/mol. The number of amides is 1. The molecule has 5 heteroatoms. The van der Waals surface area contributed by atoms with E-state index in [1.807, 2.05) is 18.2 Å². The van der Waals surface area contributed by atoms with Crippen molar-refractivity contribution in [3.05, 3.63) is 35.9 Å². The van der Waals surface area contributed by atoms with Gasteiger partial charge in [0, 0.05) is 13.7 Å². The van der Waals surface area contributed by atoms with Gasteiger partial charge in [-0.2, -0.15) is 11.8 Å². The van der Waals surface area contributed by atoms with Crippen LogP contribution >= 0.6 is 11.8 Å². The number of hydrogen-bond donors (Lipinski definition) is 2. The van der Waals surface area contributed by atoms with E-state index < -0.39 is 6.10 Å². The maximum atomic E-state index is 11.5. The maximum absolute atomic E-state index is 11.5. The van der Waals surface area contributed by atoms with Crippen LogP contribution in [0, 0.1) is 0 Å². The molecular weight excluding hydrogens is 274 g/mol. The van der Waals surface area contributed by atoms with Crippen LogP contribution in [-0.4, -0.2) is 48.9 Å². The lowest BCUT2D eigenvalue weighted by Crippen LogP contribution is -2.29. The van der Waals surface area contributed by atoms with E-state index in [9.17, 15) is 9.90 Å². The van der Waals surface area contributed by atoms with Gasteiger partial charge in [-0.05, 0) is 24.2 Å². The van der Waals surface area contributed by atoms with E-state index in [1.165, 1.54) is 5.56 Å². The van der Waals surface area contributed by atoms with E-state index in [4.69, 9.17) is 4.74 Å². The van der Waals surface area contributed by atoms with Crippen LogP contribution in [-0.2, 0) is 16.0 Å². The molecule has 1 aromatic carbocycles. The highest BCUT2D eigenvalue weighted by Gasteiger charge is 2.05. The minimum absolute atomic E-state index is 0.0210. The summed E-state index contributed by atoms with van der Waals surface area (Å²) in [6.45, 7) is 0.796. The van der Waals surface area contributed by atoms with Crippen LogP contribution in [0.1, 0.15) is 12.0 Å². The zero-order chi connectivity index (χ0) is 14.6. The number of hydrogen-bond acceptors (Lipinski definition) is 4. The molecule has 1 atom stereocenters. The van der Waals surface area contributed by atoms with Gasteiger partial charge >= 0.3 is 0 Å². The lowest BCUT2D eigenvalue weighted by molar-refractivity contribution is -0.118. The normalized spacial score (nSPS) is 12.1. The molecule has 0 fully saturated rings. The molecule has 1 amide bonds. The van der Waals surface area contributed by atoms with Gasteiger partial charge in [-0.15, -0.1) is 0 Å². The number of rotatable bonds is 10. The highest BCUT2D eigenvalue weighted by molar-refractivity contribution is 7.99. The highest BCUT2D eigenvalue weighted by Crippen LogP contribution is 2.06. The molecule has 1 rings (SSSR count). The number of methoxy groups -OCH3 is 1. The van der Waals surface area contributed by atoms with Crippen LogP contribution in [0.3, 0.4) is 0 Å². The van der Waals surface area contributed by atoms with Crippen LogP contribution in [0.5, 0.6) is 0 Å². The second-order valence-electron chi connectivity index (χ2n) is 4.54. The van der Waals surface area contributed by atoms with Gasteiger partial charge < -0.3 is 15.2 Å². The van der Waals surface area contributed by atoms with Crippen molar-refractivity contribution in [2.75, 3.05) is 31.8 Å². The van der Waals surface area contributed by atoms with E-state index >= 15 is 0 Å². The smallest absolute Gasteiger partial charge is 0.229 e. The molecular formula is C15H23NO3S. The van der Waals surface area contributed by atoms with Crippen LogP contribution in [0.25, 0.3) is 0 Å². The largest absolute Gasteiger partial charge is 0.391 e. The van der Waals surface area contributed by atoms with Crippen molar-refractivity contribution in [3.8, 4) is 0 Å². The molecule has 0 aliphatic carbocycles. The molecule has 112 valence electrons. The number of aliphatic hydroxyl groups excluding tert-OH is 1. The van der Waals surface area contributed by atoms with Crippen LogP contribution in [0.15, 0.2) is 30.3 Å². The minimum atomic E-state index is -0.508. The highest BCUT2D eigenvalue weighted by atomic mass is 32.2. The molecule has 1 unspecified atom stereocenters. The van der Waals surface area contributed by atoms with Crippen molar-refractivity contribution in [1.29, 1.82) is 0 Å². The molecule has 0 aliphatic rings. The van der Waals surface area contributed by atoms with Crippen molar-refractivity contribution in [2.45, 2.75) is 18.9 Å². The number of carbonyl (C=O) groups is 1. The first-order chi connectivity index (χ1) is 9.72. The third-order valence-electron chi connectivity index (χ3n) is 2.77. The summed E-state index contributed by atoms with van der Waals surface area (Å²) in [7, 11) is 1.55. The van der Waals surface area contributed by atoms with E-state index in [0.29, 0.717) is 25.3 Å². The Balaban J connectivity index is 2.00. The van der Waals surface area contributed by atoms with Gasteiger partial charge in [0.2, 0.25) is 5.91 Å². The van der Waals surface area contributed by atoms with Gasteiger partial charge in [-0.3, -0.25) is 4.79 Å². The molecule has 0 radical (unpaired) electrons. The van der Waals surface area contributed by atoms with Crippen molar-refractivity contribution < 1.29 is 14.6 Å². The van der Waals surface area contributed by atoms with Crippen molar-refractivity contribution in [3.63, 3.8) is 0 Å². The van der Waals surface area contributed by atoms with Gasteiger partial charge in [0.1, 0.15) is 0 Å². The van der Waals surface area contributed by atoms with Gasteiger partial charge in [-0.1, -0.05) is 30.3 Å². The molecule has 2 N–H and O–H groups in total. The summed E-state index contributed by atoms with van der Waals surface area (Å²) in [4.78, 5) is 11.5. The molecule has 1 aromatic rings. The fourth-order valence-corrected chi connectivity index (χ4v) is 2.52. The summed E-state index contributed by atoms with van der Waals surface area (Å²) in [5.74, 6) is 1.42. The van der Waals surface area contributed by atoms with Gasteiger partial charge in [0.05, 0.1) is 18.5 Å². The minimum Gasteiger partial charge on any atom is -0.391 e. The first-order valence-electron chi connectivity index (χ1n) is 6.77. The average molecular weight is 297 g/mol. The molecule has 0 saturated heterocycles. The van der Waals surface area contributed by atoms with Gasteiger partial charge in [0.15, 0.2) is 0 Å². The maximum Gasteiger partial charge on any atom is 0.229 e. The second-order valence-corrected chi connectivity index (χ2v) is 5.64. The molecule has 0 aliphatic heterocycles. The fraction of sp³-hybridized carbons (Fsp3) is 0.533. The third kappa shape index (κ3) is 8.19. The number of aryl methyl sites for hydroxylation is 1. The Morgan fingerprint density at radius 2 is 2.15 bits per heavy atom. The summed E-state index contributed by atoms with van der Waals surface area (Å²) in [6.07, 6.45) is 0.991. The third-order valence-corrected chi connectivity index (χ3v) is 3.73. The Hall–Kier alpha value is -1.04. The second kappa shape index (κ2) is 10.7. The van der Waals surface area contributed by atoms with E-state index in [2.05, 4.69) is 17.4 Å². The SMILES string of the molecule is COCC(O)CCNC(=O)CSCCc1ccccc1. The Kier molecular flexibility index (Phi) is 9.11. The Bertz CT molecular complexity index is 373. The Labute approximate surface area is 124 Å². The topological polar surface area (TPSA) is 58.6 Å². The Morgan fingerprint density at radius 3 is 2.85 bits per heavy atom. The first kappa shape index (κ1) is 17.0. The van der Waals surface area contributed by atoms with Gasteiger partial charge in [0.25, 0.3) is 0 Å². The average Bonchev–Trinajstić information content (AvgIpc) is 2.45. The summed E-state index contributed by atoms with van der Waals surface area (Å²) in [6, 6.07) is 10.2. The molecule has 0 aromatic heterocycles. The zero-order valence-electron chi connectivity index (χ0n) is 11.9. The van der Waals surface area contributed by atoms with Crippen molar-refractivity contribution in [2.24, 2.45) is 0 Å². The van der Waals surface area contributed by atoms with Crippen molar-refractivity contribution >= 4 is 17.7 Å². The molecule has 0 heterocycles. The summed E-state index contributed by atoms with van der Waals surface area (Å²) < 4.78 is 4.82. The van der Waals surface area contributed by atoms with E-state index in [0.717, 1.165) is 12.2 Å².